The molecule has 0 unspecified atom stereocenters. The smallest absolute Gasteiger partial charge is 0.251 e. The van der Waals surface area contributed by atoms with Crippen LogP contribution in [0.2, 0.25) is 0 Å². The zero-order valence-electron chi connectivity index (χ0n) is 13.1. The lowest BCUT2D eigenvalue weighted by atomic mass is 10.1. The van der Waals surface area contributed by atoms with Crippen LogP contribution in [0.1, 0.15) is 47.5 Å². The van der Waals surface area contributed by atoms with E-state index in [1.165, 1.54) is 0 Å². The molecule has 1 aliphatic heterocycles. The van der Waals surface area contributed by atoms with E-state index in [1.807, 2.05) is 36.1 Å². The van der Waals surface area contributed by atoms with Gasteiger partial charge in [-0.3, -0.25) is 9.59 Å². The second-order valence-corrected chi connectivity index (χ2v) is 5.83. The third kappa shape index (κ3) is 3.62. The molecule has 0 bridgehead atoms. The lowest BCUT2D eigenvalue weighted by Gasteiger charge is -2.16. The van der Waals surface area contributed by atoms with E-state index in [-0.39, 0.29) is 17.9 Å². The molecular formula is C18H20N2O3. The zero-order chi connectivity index (χ0) is 16.2. The normalized spacial score (nSPS) is 15.7. The quantitative estimate of drug-likeness (QED) is 0.923. The van der Waals surface area contributed by atoms with Gasteiger partial charge in [0, 0.05) is 25.1 Å². The number of benzene rings is 1. The molecule has 3 rings (SSSR count). The van der Waals surface area contributed by atoms with Gasteiger partial charge in [0.05, 0.1) is 12.3 Å². The van der Waals surface area contributed by atoms with Crippen molar-refractivity contribution in [1.82, 2.24) is 10.2 Å². The topological polar surface area (TPSA) is 62.6 Å². The molecule has 23 heavy (non-hydrogen) atoms. The Morgan fingerprint density at radius 1 is 1.35 bits per heavy atom. The summed E-state index contributed by atoms with van der Waals surface area (Å²) in [5.41, 5.74) is 1.56. The van der Waals surface area contributed by atoms with Gasteiger partial charge in [-0.15, -0.1) is 0 Å². The fourth-order valence-corrected chi connectivity index (χ4v) is 2.79. The highest BCUT2D eigenvalue weighted by molar-refractivity contribution is 5.94. The minimum absolute atomic E-state index is 0.150. The number of hydrogen-bond acceptors (Lipinski definition) is 3. The summed E-state index contributed by atoms with van der Waals surface area (Å²) in [5.74, 6) is 0.756. The van der Waals surface area contributed by atoms with Crippen LogP contribution in [-0.4, -0.2) is 23.3 Å². The number of nitrogens with zero attached hydrogens (tertiary/aromatic N) is 1. The van der Waals surface area contributed by atoms with E-state index in [1.54, 1.807) is 18.4 Å². The van der Waals surface area contributed by atoms with Crippen molar-refractivity contribution in [2.75, 3.05) is 6.54 Å². The van der Waals surface area contributed by atoms with Gasteiger partial charge in [-0.05, 0) is 43.2 Å². The molecule has 2 aromatic rings. The Balaban J connectivity index is 1.66. The maximum absolute atomic E-state index is 12.4. The molecule has 0 spiro atoms. The van der Waals surface area contributed by atoms with Crippen molar-refractivity contribution >= 4 is 11.8 Å². The van der Waals surface area contributed by atoms with E-state index in [2.05, 4.69) is 5.32 Å². The fourth-order valence-electron chi connectivity index (χ4n) is 2.79. The Morgan fingerprint density at radius 2 is 2.22 bits per heavy atom. The molecule has 0 aliphatic carbocycles. The summed E-state index contributed by atoms with van der Waals surface area (Å²) in [4.78, 5) is 25.9. The number of rotatable bonds is 5. The number of carbonyl (C=O) groups is 2. The van der Waals surface area contributed by atoms with E-state index in [4.69, 9.17) is 4.42 Å². The SMILES string of the molecule is C[C@@H](NC(=O)c1cccc(CN2CCCC2=O)c1)c1ccco1. The highest BCUT2D eigenvalue weighted by atomic mass is 16.3. The first-order valence-corrected chi connectivity index (χ1v) is 7.84. The van der Waals surface area contributed by atoms with Crippen molar-refractivity contribution < 1.29 is 14.0 Å². The first-order valence-electron chi connectivity index (χ1n) is 7.84. The number of hydrogen-bond donors (Lipinski definition) is 1. The Kier molecular flexibility index (Phi) is 4.46. The minimum Gasteiger partial charge on any atom is -0.467 e. The molecule has 1 atom stereocenters. The van der Waals surface area contributed by atoms with Crippen molar-refractivity contribution in [3.63, 3.8) is 0 Å². The molecule has 1 fully saturated rings. The van der Waals surface area contributed by atoms with Crippen molar-refractivity contribution in [2.45, 2.75) is 32.4 Å². The molecule has 1 aromatic carbocycles. The Morgan fingerprint density at radius 3 is 2.91 bits per heavy atom. The van der Waals surface area contributed by atoms with Gasteiger partial charge in [-0.1, -0.05) is 12.1 Å². The average molecular weight is 312 g/mol. The number of nitrogens with one attached hydrogen (secondary N) is 1. The lowest BCUT2D eigenvalue weighted by Crippen LogP contribution is -2.27. The van der Waals surface area contributed by atoms with Crippen molar-refractivity contribution in [3.05, 3.63) is 59.5 Å². The summed E-state index contributed by atoms with van der Waals surface area (Å²) in [6.45, 7) is 3.24. The number of likely N-dealkylation sites (tertiary alicyclic amines) is 1. The standard InChI is InChI=1S/C18H20N2O3/c1-13(16-7-4-10-23-16)19-18(22)15-6-2-5-14(11-15)12-20-9-3-8-17(20)21/h2,4-7,10-11,13H,3,8-9,12H2,1H3,(H,19,22)/t13-/m1/s1. The fraction of sp³-hybridized carbons (Fsp3) is 0.333. The van der Waals surface area contributed by atoms with Gasteiger partial charge in [0.1, 0.15) is 5.76 Å². The van der Waals surface area contributed by atoms with Gasteiger partial charge in [0.25, 0.3) is 5.91 Å². The second-order valence-electron chi connectivity index (χ2n) is 5.83. The highest BCUT2D eigenvalue weighted by Crippen LogP contribution is 2.17. The summed E-state index contributed by atoms with van der Waals surface area (Å²) < 4.78 is 5.30. The highest BCUT2D eigenvalue weighted by Gasteiger charge is 2.20. The van der Waals surface area contributed by atoms with E-state index in [0.717, 1.165) is 24.3 Å². The molecule has 1 aromatic heterocycles. The summed E-state index contributed by atoms with van der Waals surface area (Å²) in [5, 5.41) is 2.91. The van der Waals surface area contributed by atoms with Gasteiger partial charge >= 0.3 is 0 Å². The minimum atomic E-state index is -0.193. The maximum atomic E-state index is 12.4. The molecule has 5 heteroatoms. The van der Waals surface area contributed by atoms with Crippen LogP contribution in [0.4, 0.5) is 0 Å². The molecule has 1 saturated heterocycles. The predicted molar refractivity (Wildman–Crippen MR) is 85.7 cm³/mol. The van der Waals surface area contributed by atoms with Gasteiger partial charge < -0.3 is 14.6 Å². The van der Waals surface area contributed by atoms with Gasteiger partial charge in [0.2, 0.25) is 5.91 Å². The summed E-state index contributed by atoms with van der Waals surface area (Å²) in [7, 11) is 0. The van der Waals surface area contributed by atoms with Crippen molar-refractivity contribution in [3.8, 4) is 0 Å². The summed E-state index contributed by atoms with van der Waals surface area (Å²) >= 11 is 0. The van der Waals surface area contributed by atoms with Crippen LogP contribution in [0.25, 0.3) is 0 Å². The Labute approximate surface area is 135 Å². The molecule has 1 aliphatic rings. The lowest BCUT2D eigenvalue weighted by molar-refractivity contribution is -0.128. The first-order chi connectivity index (χ1) is 11.1. The molecule has 0 radical (unpaired) electrons. The van der Waals surface area contributed by atoms with Crippen LogP contribution in [-0.2, 0) is 11.3 Å². The summed E-state index contributed by atoms with van der Waals surface area (Å²) in [6, 6.07) is 10.9. The Hall–Kier alpha value is -2.56. The van der Waals surface area contributed by atoms with Crippen LogP contribution in [0.3, 0.4) is 0 Å². The van der Waals surface area contributed by atoms with E-state index < -0.39 is 0 Å². The second kappa shape index (κ2) is 6.69. The average Bonchev–Trinajstić information content (AvgIpc) is 3.20. The van der Waals surface area contributed by atoms with Crippen LogP contribution in [0.5, 0.6) is 0 Å². The van der Waals surface area contributed by atoms with Crippen molar-refractivity contribution in [2.24, 2.45) is 0 Å². The molecule has 5 nitrogen and oxygen atoms in total. The van der Waals surface area contributed by atoms with Crippen LogP contribution >= 0.6 is 0 Å². The first kappa shape index (κ1) is 15.3. The maximum Gasteiger partial charge on any atom is 0.251 e. The predicted octanol–water partition coefficient (Wildman–Crippen LogP) is 2.89. The van der Waals surface area contributed by atoms with E-state index >= 15 is 0 Å². The molecule has 2 amide bonds. The Bertz CT molecular complexity index is 694. The molecule has 120 valence electrons. The monoisotopic (exact) mass is 312 g/mol. The van der Waals surface area contributed by atoms with E-state index in [0.29, 0.717) is 18.5 Å². The molecule has 2 heterocycles. The van der Waals surface area contributed by atoms with Crippen molar-refractivity contribution in [1.29, 1.82) is 0 Å². The van der Waals surface area contributed by atoms with Gasteiger partial charge in [0.15, 0.2) is 0 Å². The number of carbonyl (C=O) groups excluding carboxylic acids is 2. The van der Waals surface area contributed by atoms with Crippen LogP contribution in [0.15, 0.2) is 47.1 Å². The summed E-state index contributed by atoms with van der Waals surface area (Å²) in [6.07, 6.45) is 3.13. The number of furan rings is 1. The number of amides is 2. The van der Waals surface area contributed by atoms with Gasteiger partial charge in [-0.25, -0.2) is 0 Å². The third-order valence-electron chi connectivity index (χ3n) is 4.05. The largest absolute Gasteiger partial charge is 0.467 e. The molecular weight excluding hydrogens is 292 g/mol. The van der Waals surface area contributed by atoms with Crippen LogP contribution in [0, 0.1) is 0 Å². The molecule has 1 N–H and O–H groups in total. The van der Waals surface area contributed by atoms with Gasteiger partial charge in [-0.2, -0.15) is 0 Å². The van der Waals surface area contributed by atoms with Crippen LogP contribution < -0.4 is 5.32 Å². The zero-order valence-corrected chi connectivity index (χ0v) is 13.1. The van der Waals surface area contributed by atoms with E-state index in [9.17, 15) is 9.59 Å². The molecule has 0 saturated carbocycles. The third-order valence-corrected chi connectivity index (χ3v) is 4.05.